The van der Waals surface area contributed by atoms with Crippen molar-refractivity contribution < 1.29 is 17.6 Å². The predicted molar refractivity (Wildman–Crippen MR) is 78.2 cm³/mol. The Balaban J connectivity index is 2.27. The van der Waals surface area contributed by atoms with Crippen molar-refractivity contribution in [1.82, 2.24) is 0 Å². The third-order valence-electron chi connectivity index (χ3n) is 3.62. The summed E-state index contributed by atoms with van der Waals surface area (Å²) in [5.74, 6) is -2.77. The molecule has 5 heteroatoms. The number of rotatable bonds is 8. The lowest BCUT2D eigenvalue weighted by atomic mass is 9.99. The van der Waals surface area contributed by atoms with Crippen molar-refractivity contribution in [1.29, 1.82) is 0 Å². The van der Waals surface area contributed by atoms with Crippen LogP contribution in [0.1, 0.15) is 51.5 Å². The van der Waals surface area contributed by atoms with Gasteiger partial charge in [0.1, 0.15) is 16.3 Å². The van der Waals surface area contributed by atoms with E-state index in [1.54, 1.807) is 0 Å². The van der Waals surface area contributed by atoms with Gasteiger partial charge in [0.15, 0.2) is 11.6 Å². The molecule has 20 heavy (non-hydrogen) atoms. The molecule has 0 amide bonds. The third-order valence-corrected chi connectivity index (χ3v) is 4.72. The van der Waals surface area contributed by atoms with Crippen LogP contribution >= 0.6 is 0 Å². The molecule has 0 spiro atoms. The minimum Gasteiger partial charge on any atom is -0.423 e. The van der Waals surface area contributed by atoms with Crippen molar-refractivity contribution >= 4 is 10.5 Å². The summed E-state index contributed by atoms with van der Waals surface area (Å²) in [6.07, 6.45) is 5.30. The Morgan fingerprint density at radius 1 is 0.950 bits per heavy atom. The van der Waals surface area contributed by atoms with Gasteiger partial charge >= 0.3 is 0 Å². The Morgan fingerprint density at radius 3 is 2.20 bits per heavy atom. The van der Waals surface area contributed by atoms with E-state index in [9.17, 15) is 13.2 Å². The molecule has 0 radical (unpaired) electrons. The highest BCUT2D eigenvalue weighted by Crippen LogP contribution is 2.19. The maximum atomic E-state index is 13.4. The molecule has 1 nitrogen and oxygen atoms in total. The lowest BCUT2D eigenvalue weighted by molar-refractivity contribution is 0.109. The summed E-state index contributed by atoms with van der Waals surface area (Å²) in [5, 5.41) is 0. The molecule has 1 aromatic rings. The first-order chi connectivity index (χ1) is 9.35. The van der Waals surface area contributed by atoms with Crippen molar-refractivity contribution in [3.63, 3.8) is 0 Å². The lowest BCUT2D eigenvalue weighted by Crippen LogP contribution is -2.22. The van der Waals surface area contributed by atoms with Crippen molar-refractivity contribution in [3.8, 4) is 0 Å². The number of halogens is 3. The fourth-order valence-electron chi connectivity index (χ4n) is 2.08. The highest BCUT2D eigenvalue weighted by atomic mass is 28.2. The van der Waals surface area contributed by atoms with Crippen LogP contribution in [0.25, 0.3) is 0 Å². The molecule has 0 aliphatic rings. The van der Waals surface area contributed by atoms with E-state index < -0.39 is 17.5 Å². The van der Waals surface area contributed by atoms with Gasteiger partial charge in [-0.05, 0) is 44.7 Å². The molecule has 0 N–H and O–H groups in total. The molecule has 0 heterocycles. The van der Waals surface area contributed by atoms with Gasteiger partial charge in [-0.3, -0.25) is 0 Å². The molecule has 0 aliphatic carbocycles. The van der Waals surface area contributed by atoms with Crippen molar-refractivity contribution in [2.75, 3.05) is 0 Å². The first kappa shape index (κ1) is 17.2. The van der Waals surface area contributed by atoms with Gasteiger partial charge in [-0.15, -0.1) is 0 Å². The van der Waals surface area contributed by atoms with Gasteiger partial charge in [-0.25, -0.2) is 13.2 Å². The normalized spacial score (nSPS) is 12.1. The average molecular weight is 304 g/mol. The number of aryl methyl sites for hydroxylation is 1. The van der Waals surface area contributed by atoms with E-state index in [1.807, 2.05) is 0 Å². The van der Waals surface area contributed by atoms with E-state index in [0.717, 1.165) is 48.7 Å². The molecule has 0 unspecified atom stereocenters. The molecule has 114 valence electrons. The summed E-state index contributed by atoms with van der Waals surface area (Å²) >= 11 is 0. The van der Waals surface area contributed by atoms with Gasteiger partial charge in [0.2, 0.25) is 0 Å². The van der Waals surface area contributed by atoms with Crippen LogP contribution in [0.4, 0.5) is 13.2 Å². The smallest absolute Gasteiger partial charge is 0.161 e. The van der Waals surface area contributed by atoms with Crippen LogP contribution in [0.3, 0.4) is 0 Å². The zero-order valence-corrected chi connectivity index (χ0v) is 14.4. The van der Waals surface area contributed by atoms with Gasteiger partial charge in [0.25, 0.3) is 0 Å². The van der Waals surface area contributed by atoms with E-state index >= 15 is 0 Å². The summed E-state index contributed by atoms with van der Waals surface area (Å²) < 4.78 is 44.6. The van der Waals surface area contributed by atoms with Gasteiger partial charge < -0.3 is 4.43 Å². The average Bonchev–Trinajstić information content (AvgIpc) is 2.39. The number of hydrogen-bond acceptors (Lipinski definition) is 1. The van der Waals surface area contributed by atoms with Crippen LogP contribution in [0, 0.1) is 17.5 Å². The fraction of sp³-hybridized carbons (Fsp3) is 0.600. The van der Waals surface area contributed by atoms with Crippen molar-refractivity contribution in [2.24, 2.45) is 0 Å². The van der Waals surface area contributed by atoms with E-state index in [4.69, 9.17) is 4.43 Å². The van der Waals surface area contributed by atoms with Gasteiger partial charge in [0.05, 0.1) is 0 Å². The zero-order chi connectivity index (χ0) is 15.2. The Bertz CT molecular complexity index is 435. The van der Waals surface area contributed by atoms with E-state index in [-0.39, 0.29) is 11.2 Å². The summed E-state index contributed by atoms with van der Waals surface area (Å²) in [6, 6.07) is 1.58. The fourth-order valence-corrected chi connectivity index (χ4v) is 2.28. The van der Waals surface area contributed by atoms with Crippen LogP contribution in [-0.2, 0) is 10.8 Å². The Kier molecular flexibility index (Phi) is 6.75. The summed E-state index contributed by atoms with van der Waals surface area (Å²) in [4.78, 5) is 0. The van der Waals surface area contributed by atoms with Crippen molar-refractivity contribution in [3.05, 3.63) is 35.1 Å². The van der Waals surface area contributed by atoms with E-state index in [0.29, 0.717) is 12.5 Å². The standard InChI is InChI=1S/C15H23F3OSi/c1-15(2,19-20)8-6-4-3-5-7-11-9-13(17)14(18)10-12(11)16/h9-10H,3-8H2,1-2,20H3. The summed E-state index contributed by atoms with van der Waals surface area (Å²) in [5.41, 5.74) is 0.213. The van der Waals surface area contributed by atoms with Gasteiger partial charge in [-0.1, -0.05) is 19.3 Å². The third kappa shape index (κ3) is 5.67. The highest BCUT2D eigenvalue weighted by molar-refractivity contribution is 5.98. The maximum absolute atomic E-state index is 13.4. The summed E-state index contributed by atoms with van der Waals surface area (Å²) in [6.45, 7) is 4.16. The first-order valence-corrected chi connectivity index (χ1v) is 7.86. The Labute approximate surface area is 122 Å². The second-order valence-electron chi connectivity index (χ2n) is 5.74. The number of hydrogen-bond donors (Lipinski definition) is 0. The summed E-state index contributed by atoms with van der Waals surface area (Å²) in [7, 11) is 0.740. The molecule has 0 saturated heterocycles. The first-order valence-electron chi connectivity index (χ1n) is 7.04. The van der Waals surface area contributed by atoms with Crippen LogP contribution in [0.5, 0.6) is 0 Å². The second-order valence-corrected chi connectivity index (χ2v) is 6.14. The molecule has 0 fully saturated rings. The topological polar surface area (TPSA) is 9.23 Å². The minimum atomic E-state index is -1.13. The SMILES string of the molecule is CC(C)(CCCCCCc1cc(F)c(F)cc1F)O[SiH3]. The molecular weight excluding hydrogens is 281 g/mol. The van der Waals surface area contributed by atoms with Crippen LogP contribution in [0.15, 0.2) is 12.1 Å². The molecular formula is C15H23F3OSi. The minimum absolute atomic E-state index is 0.0432. The lowest BCUT2D eigenvalue weighted by Gasteiger charge is -2.23. The molecule has 0 bridgehead atoms. The molecule has 0 aromatic heterocycles. The van der Waals surface area contributed by atoms with Gasteiger partial charge in [-0.2, -0.15) is 0 Å². The zero-order valence-electron chi connectivity index (χ0n) is 12.4. The molecule has 0 saturated carbocycles. The number of benzene rings is 1. The number of unbranched alkanes of at least 4 members (excludes halogenated alkanes) is 3. The Morgan fingerprint density at radius 2 is 1.55 bits per heavy atom. The maximum Gasteiger partial charge on any atom is 0.161 e. The molecule has 0 atom stereocenters. The predicted octanol–water partition coefficient (Wildman–Crippen LogP) is 3.67. The largest absolute Gasteiger partial charge is 0.423 e. The van der Waals surface area contributed by atoms with Crippen LogP contribution < -0.4 is 0 Å². The highest BCUT2D eigenvalue weighted by Gasteiger charge is 2.14. The molecule has 1 rings (SSSR count). The van der Waals surface area contributed by atoms with Crippen LogP contribution in [-0.4, -0.2) is 16.1 Å². The quantitative estimate of drug-likeness (QED) is 0.404. The van der Waals surface area contributed by atoms with E-state index in [2.05, 4.69) is 13.8 Å². The second kappa shape index (κ2) is 7.83. The Hall–Kier alpha value is -0.813. The van der Waals surface area contributed by atoms with Crippen LogP contribution in [0.2, 0.25) is 0 Å². The molecule has 1 aromatic carbocycles. The molecule has 0 aliphatic heterocycles. The monoisotopic (exact) mass is 304 g/mol. The van der Waals surface area contributed by atoms with Gasteiger partial charge in [0, 0.05) is 11.7 Å². The van der Waals surface area contributed by atoms with E-state index in [1.165, 1.54) is 0 Å². The van der Waals surface area contributed by atoms with Crippen molar-refractivity contribution in [2.45, 2.75) is 58.0 Å².